The van der Waals surface area contributed by atoms with Crippen LogP contribution in [-0.2, 0) is 22.6 Å². The molecular formula is C38H52N4O3. The molecule has 3 heterocycles. The molecule has 1 aliphatic rings. The summed E-state index contributed by atoms with van der Waals surface area (Å²) < 4.78 is 8.27. The Morgan fingerprint density at radius 3 is 2.64 bits per heavy atom. The average molecular weight is 613 g/mol. The number of pyridine rings is 1. The van der Waals surface area contributed by atoms with E-state index in [9.17, 15) is 5.26 Å². The quantitative estimate of drug-likeness (QED) is 0.117. The second-order valence-electron chi connectivity index (χ2n) is 13.8. The number of benzene rings is 2. The van der Waals surface area contributed by atoms with Gasteiger partial charge in [0.15, 0.2) is 0 Å². The van der Waals surface area contributed by atoms with Crippen LogP contribution in [0.25, 0.3) is 33.3 Å². The molecule has 1 saturated heterocycles. The van der Waals surface area contributed by atoms with E-state index in [2.05, 4.69) is 110 Å². The first-order valence-electron chi connectivity index (χ1n) is 16.6. The number of hydrogen-bond acceptors (Lipinski definition) is 6. The van der Waals surface area contributed by atoms with Gasteiger partial charge in [0, 0.05) is 73.0 Å². The second kappa shape index (κ2) is 14.6. The first-order valence-corrected chi connectivity index (χ1v) is 16.6. The maximum atomic E-state index is 9.58. The van der Waals surface area contributed by atoms with Gasteiger partial charge in [0.25, 0.3) is 0 Å². The van der Waals surface area contributed by atoms with Crippen LogP contribution in [0.1, 0.15) is 70.1 Å². The van der Waals surface area contributed by atoms with Gasteiger partial charge < -0.3 is 9.30 Å². The summed E-state index contributed by atoms with van der Waals surface area (Å²) in [4.78, 5) is 9.31. The van der Waals surface area contributed by atoms with Crippen molar-refractivity contribution in [3.63, 3.8) is 0 Å². The molecule has 45 heavy (non-hydrogen) atoms. The van der Waals surface area contributed by atoms with Gasteiger partial charge in [-0.3, -0.25) is 15.7 Å². The van der Waals surface area contributed by atoms with Gasteiger partial charge in [0.05, 0.1) is 18.9 Å². The van der Waals surface area contributed by atoms with E-state index in [4.69, 9.17) is 9.62 Å². The Kier molecular flexibility index (Phi) is 10.8. The molecule has 0 bridgehead atoms. The fourth-order valence-electron chi connectivity index (χ4n) is 7.27. The fraction of sp³-hybridized carbons (Fsp3) is 0.500. The topological polar surface area (TPSA) is 71.8 Å². The lowest BCUT2D eigenvalue weighted by atomic mass is 9.74. The first-order chi connectivity index (χ1) is 21.7. The van der Waals surface area contributed by atoms with Crippen molar-refractivity contribution in [3.8, 4) is 22.4 Å². The normalized spacial score (nSPS) is 17.6. The van der Waals surface area contributed by atoms with Crippen molar-refractivity contribution in [1.82, 2.24) is 20.0 Å². The van der Waals surface area contributed by atoms with Crippen LogP contribution in [-0.4, -0.2) is 59.3 Å². The second-order valence-corrected chi connectivity index (χ2v) is 13.8. The predicted molar refractivity (Wildman–Crippen MR) is 184 cm³/mol. The van der Waals surface area contributed by atoms with Crippen molar-refractivity contribution in [2.75, 3.05) is 33.4 Å². The Hall–Kier alpha value is -3.07. The number of rotatable bonds is 13. The zero-order chi connectivity index (χ0) is 32.1. The molecule has 1 aliphatic heterocycles. The van der Waals surface area contributed by atoms with Crippen LogP contribution in [0.3, 0.4) is 0 Å². The summed E-state index contributed by atoms with van der Waals surface area (Å²) in [5.74, 6) is 0.495. The number of aryl methyl sites for hydroxylation is 2. The number of nitrogens with one attached hydrogen (secondary N) is 1. The van der Waals surface area contributed by atoms with Crippen molar-refractivity contribution >= 4 is 10.9 Å². The molecule has 3 atom stereocenters. The molecule has 0 spiro atoms. The summed E-state index contributed by atoms with van der Waals surface area (Å²) in [5, 5.41) is 13.2. The highest BCUT2D eigenvalue weighted by atomic mass is 17.1. The highest BCUT2D eigenvalue weighted by Crippen LogP contribution is 2.47. The van der Waals surface area contributed by atoms with Crippen molar-refractivity contribution in [1.29, 1.82) is 0 Å². The lowest BCUT2D eigenvalue weighted by Crippen LogP contribution is -2.49. The molecule has 5 rings (SSSR count). The first kappa shape index (κ1) is 33.3. The van der Waals surface area contributed by atoms with Gasteiger partial charge in [-0.15, -0.1) is 0 Å². The molecule has 4 aromatic rings. The van der Waals surface area contributed by atoms with E-state index in [1.165, 1.54) is 51.6 Å². The van der Waals surface area contributed by atoms with Crippen LogP contribution in [0.15, 0.2) is 60.9 Å². The number of ether oxygens (including phenoxy) is 1. The van der Waals surface area contributed by atoms with E-state index in [0.29, 0.717) is 18.6 Å². The van der Waals surface area contributed by atoms with Crippen molar-refractivity contribution in [3.05, 3.63) is 77.6 Å². The predicted octanol–water partition coefficient (Wildman–Crippen LogP) is 8.11. The summed E-state index contributed by atoms with van der Waals surface area (Å²) in [7, 11) is 1.75. The number of hydrogen-bond donors (Lipinski definition) is 2. The Morgan fingerprint density at radius 2 is 1.93 bits per heavy atom. The minimum absolute atomic E-state index is 0.0481. The van der Waals surface area contributed by atoms with Crippen LogP contribution in [0.2, 0.25) is 0 Å². The van der Waals surface area contributed by atoms with Crippen LogP contribution < -0.4 is 5.43 Å². The average Bonchev–Trinajstić information content (AvgIpc) is 3.32. The van der Waals surface area contributed by atoms with Crippen LogP contribution in [0.4, 0.5) is 0 Å². The molecule has 1 fully saturated rings. The number of methoxy groups -OCH3 is 1. The van der Waals surface area contributed by atoms with Gasteiger partial charge in [-0.25, -0.2) is 9.90 Å². The van der Waals surface area contributed by atoms with Crippen molar-refractivity contribution in [2.24, 2.45) is 11.3 Å². The third kappa shape index (κ3) is 7.34. The van der Waals surface area contributed by atoms with Crippen LogP contribution >= 0.6 is 0 Å². The molecule has 0 radical (unpaired) electrons. The van der Waals surface area contributed by atoms with E-state index in [0.717, 1.165) is 37.3 Å². The maximum Gasteiger partial charge on any atom is 0.0877 e. The summed E-state index contributed by atoms with van der Waals surface area (Å²) in [6, 6.07) is 18.6. The third-order valence-corrected chi connectivity index (χ3v) is 9.62. The standard InChI is InChI=1S/C38H52N4O3/c1-8-42-35-15-14-31(30-13-9-12-29(20-30)19-26(2)23-41-18-10-11-28(4)40-41)21-32(35)36(34(24-44-7)38(5,6)25-45-43)37(42)33-22-39-17-16-27(33)3/h9,12-17,20-22,26,28,34,40,43H,8,10-11,18-19,23-25H2,1-7H3/t26?,28-,34?/m1/s1. The molecular weight excluding hydrogens is 560 g/mol. The molecule has 7 heteroatoms. The maximum absolute atomic E-state index is 9.58. The summed E-state index contributed by atoms with van der Waals surface area (Å²) in [6.07, 6.45) is 7.38. The van der Waals surface area contributed by atoms with E-state index in [1.807, 2.05) is 12.4 Å². The molecule has 2 aromatic carbocycles. The fourth-order valence-corrected chi connectivity index (χ4v) is 7.27. The SMILES string of the molecule is CCn1c(-c2cnccc2C)c(C(COC)C(C)(C)COO)c2cc(-c3cccc(CC(C)CN4CCC[C@@H](C)N4)c3)ccc21. The van der Waals surface area contributed by atoms with Crippen LogP contribution in [0.5, 0.6) is 0 Å². The largest absolute Gasteiger partial charge is 0.384 e. The summed E-state index contributed by atoms with van der Waals surface area (Å²) in [5.41, 5.74) is 12.9. The minimum atomic E-state index is -0.407. The molecule has 7 nitrogen and oxygen atoms in total. The highest BCUT2D eigenvalue weighted by molar-refractivity contribution is 5.96. The van der Waals surface area contributed by atoms with Crippen LogP contribution in [0, 0.1) is 18.3 Å². The third-order valence-electron chi connectivity index (χ3n) is 9.62. The molecule has 2 aromatic heterocycles. The molecule has 2 unspecified atom stereocenters. The molecule has 0 aliphatic carbocycles. The van der Waals surface area contributed by atoms with Gasteiger partial charge in [-0.05, 0) is 92.0 Å². The van der Waals surface area contributed by atoms with Gasteiger partial charge in [0.1, 0.15) is 0 Å². The monoisotopic (exact) mass is 612 g/mol. The molecule has 242 valence electrons. The van der Waals surface area contributed by atoms with E-state index in [1.54, 1.807) is 7.11 Å². The zero-order valence-corrected chi connectivity index (χ0v) is 28.3. The smallest absolute Gasteiger partial charge is 0.0877 e. The Morgan fingerprint density at radius 1 is 1.13 bits per heavy atom. The van der Waals surface area contributed by atoms with Gasteiger partial charge in [-0.1, -0.05) is 51.1 Å². The summed E-state index contributed by atoms with van der Waals surface area (Å²) in [6.45, 7) is 16.9. The highest BCUT2D eigenvalue weighted by Gasteiger charge is 2.37. The minimum Gasteiger partial charge on any atom is -0.384 e. The Bertz CT molecular complexity index is 1580. The lowest BCUT2D eigenvalue weighted by molar-refractivity contribution is -0.262. The van der Waals surface area contributed by atoms with E-state index >= 15 is 0 Å². The number of fused-ring (bicyclic) bond motifs is 1. The van der Waals surface area contributed by atoms with Crippen molar-refractivity contribution in [2.45, 2.75) is 79.3 Å². The molecule has 0 amide bonds. The van der Waals surface area contributed by atoms with Gasteiger partial charge >= 0.3 is 0 Å². The van der Waals surface area contributed by atoms with Crippen molar-refractivity contribution < 1.29 is 14.9 Å². The molecule has 2 N–H and O–H groups in total. The van der Waals surface area contributed by atoms with E-state index < -0.39 is 5.41 Å². The Labute approximate surface area is 269 Å². The van der Waals surface area contributed by atoms with E-state index in [-0.39, 0.29) is 12.5 Å². The van der Waals surface area contributed by atoms with Gasteiger partial charge in [-0.2, -0.15) is 0 Å². The lowest BCUT2D eigenvalue weighted by Gasteiger charge is -2.34. The Balaban J connectivity index is 1.59. The zero-order valence-electron chi connectivity index (χ0n) is 28.3. The number of aromatic nitrogens is 2. The number of nitrogens with zero attached hydrogens (tertiary/aromatic N) is 3. The summed E-state index contributed by atoms with van der Waals surface area (Å²) >= 11 is 0. The number of hydrazine groups is 1. The van der Waals surface area contributed by atoms with Gasteiger partial charge in [0.2, 0.25) is 0 Å². The molecule has 0 saturated carbocycles.